The fourth-order valence-corrected chi connectivity index (χ4v) is 4.22. The van der Waals surface area contributed by atoms with E-state index in [1.54, 1.807) is 12.0 Å². The van der Waals surface area contributed by atoms with E-state index >= 15 is 0 Å². The number of rotatable bonds is 5. The van der Waals surface area contributed by atoms with E-state index in [2.05, 4.69) is 17.0 Å². The van der Waals surface area contributed by atoms with E-state index in [0.717, 1.165) is 36.6 Å². The van der Waals surface area contributed by atoms with Crippen LogP contribution >= 0.6 is 0 Å². The molecule has 0 unspecified atom stereocenters. The number of anilines is 1. The molecular weight excluding hydrogens is 378 g/mol. The van der Waals surface area contributed by atoms with E-state index in [9.17, 15) is 9.59 Å². The number of ether oxygens (including phenoxy) is 1. The third kappa shape index (κ3) is 4.49. The van der Waals surface area contributed by atoms with Gasteiger partial charge in [-0.05, 0) is 36.8 Å². The topological polar surface area (TPSA) is 53.1 Å². The molecule has 4 rings (SSSR count). The molecule has 0 aromatic heterocycles. The summed E-state index contributed by atoms with van der Waals surface area (Å²) >= 11 is 0. The molecular formula is C24H29N3O3. The van der Waals surface area contributed by atoms with Crippen LogP contribution in [-0.2, 0) is 16.1 Å². The van der Waals surface area contributed by atoms with E-state index < -0.39 is 0 Å². The van der Waals surface area contributed by atoms with Crippen LogP contribution in [-0.4, -0.2) is 61.4 Å². The van der Waals surface area contributed by atoms with Crippen LogP contribution in [0.1, 0.15) is 17.5 Å². The summed E-state index contributed by atoms with van der Waals surface area (Å²) in [6.07, 6.45) is 0.304. The molecule has 0 spiro atoms. The molecule has 6 nitrogen and oxygen atoms in total. The van der Waals surface area contributed by atoms with Crippen LogP contribution in [0.25, 0.3) is 0 Å². The van der Waals surface area contributed by atoms with Gasteiger partial charge >= 0.3 is 0 Å². The maximum absolute atomic E-state index is 13.0. The van der Waals surface area contributed by atoms with E-state index in [4.69, 9.17) is 4.74 Å². The number of hydrogen-bond acceptors (Lipinski definition) is 4. The minimum atomic E-state index is -0.244. The van der Waals surface area contributed by atoms with Gasteiger partial charge in [-0.1, -0.05) is 29.8 Å². The number of benzene rings is 2. The molecule has 2 aromatic carbocycles. The zero-order valence-corrected chi connectivity index (χ0v) is 17.7. The van der Waals surface area contributed by atoms with Gasteiger partial charge in [-0.2, -0.15) is 0 Å². The fraction of sp³-hybridized carbons (Fsp3) is 0.417. The van der Waals surface area contributed by atoms with Crippen molar-refractivity contribution in [1.29, 1.82) is 0 Å². The monoisotopic (exact) mass is 407 g/mol. The van der Waals surface area contributed by atoms with Gasteiger partial charge in [-0.25, -0.2) is 0 Å². The van der Waals surface area contributed by atoms with E-state index in [-0.39, 0.29) is 17.7 Å². The van der Waals surface area contributed by atoms with Crippen LogP contribution in [0.4, 0.5) is 5.69 Å². The SMILES string of the molecule is COc1ccc(CN2CCN(C(=O)[C@@H]3CC(=O)N(c4ccc(C)cc4)C3)CC2)cc1. The van der Waals surface area contributed by atoms with Gasteiger partial charge in [0.05, 0.1) is 13.0 Å². The Morgan fingerprint density at radius 1 is 1.00 bits per heavy atom. The van der Waals surface area contributed by atoms with Crippen molar-refractivity contribution in [1.82, 2.24) is 9.80 Å². The van der Waals surface area contributed by atoms with Crippen molar-refractivity contribution in [2.75, 3.05) is 44.7 Å². The molecule has 1 atom stereocenters. The second kappa shape index (κ2) is 8.88. The highest BCUT2D eigenvalue weighted by atomic mass is 16.5. The van der Waals surface area contributed by atoms with Crippen molar-refractivity contribution in [3.05, 3.63) is 59.7 Å². The van der Waals surface area contributed by atoms with Crippen LogP contribution in [0.5, 0.6) is 5.75 Å². The molecule has 2 aromatic rings. The maximum Gasteiger partial charge on any atom is 0.228 e. The lowest BCUT2D eigenvalue weighted by atomic mass is 10.1. The number of amides is 2. The van der Waals surface area contributed by atoms with Crippen LogP contribution in [0.15, 0.2) is 48.5 Å². The first kappa shape index (κ1) is 20.4. The Kier molecular flexibility index (Phi) is 6.04. The summed E-state index contributed by atoms with van der Waals surface area (Å²) in [5, 5.41) is 0. The Hall–Kier alpha value is -2.86. The molecule has 0 saturated carbocycles. The first-order valence-electron chi connectivity index (χ1n) is 10.5. The van der Waals surface area contributed by atoms with E-state index in [0.29, 0.717) is 26.1 Å². The average Bonchev–Trinajstić information content (AvgIpc) is 3.16. The number of carbonyl (C=O) groups is 2. The van der Waals surface area contributed by atoms with E-state index in [1.807, 2.05) is 48.2 Å². The highest BCUT2D eigenvalue weighted by Crippen LogP contribution is 2.27. The Balaban J connectivity index is 1.29. The van der Waals surface area contributed by atoms with Gasteiger partial charge in [0.25, 0.3) is 0 Å². The predicted octanol–water partition coefficient (Wildman–Crippen LogP) is 2.70. The van der Waals surface area contributed by atoms with Gasteiger partial charge in [0, 0.05) is 51.4 Å². The summed E-state index contributed by atoms with van der Waals surface area (Å²) in [4.78, 5) is 31.6. The summed E-state index contributed by atoms with van der Waals surface area (Å²) in [5.41, 5.74) is 3.28. The predicted molar refractivity (Wildman–Crippen MR) is 116 cm³/mol. The number of nitrogens with zero attached hydrogens (tertiary/aromatic N) is 3. The normalized spacial score (nSPS) is 19.9. The molecule has 2 saturated heterocycles. The zero-order valence-electron chi connectivity index (χ0n) is 17.7. The van der Waals surface area contributed by atoms with Crippen molar-refractivity contribution in [2.45, 2.75) is 19.9 Å². The minimum absolute atomic E-state index is 0.0374. The highest BCUT2D eigenvalue weighted by Gasteiger charge is 2.37. The standard InChI is InChI=1S/C24H29N3O3/c1-18-3-7-21(8-4-18)27-17-20(15-23(27)28)24(29)26-13-11-25(12-14-26)16-19-5-9-22(30-2)10-6-19/h3-10,20H,11-17H2,1-2H3/t20-/m1/s1. The van der Waals surface area contributed by atoms with Gasteiger partial charge in [0.1, 0.15) is 5.75 Å². The Labute approximate surface area is 178 Å². The van der Waals surface area contributed by atoms with Gasteiger partial charge in [-0.3, -0.25) is 14.5 Å². The number of aryl methyl sites for hydroxylation is 1. The Morgan fingerprint density at radius 2 is 1.67 bits per heavy atom. The highest BCUT2D eigenvalue weighted by molar-refractivity contribution is 6.00. The zero-order chi connectivity index (χ0) is 21.1. The lowest BCUT2D eigenvalue weighted by Gasteiger charge is -2.36. The van der Waals surface area contributed by atoms with Gasteiger partial charge in [0.15, 0.2) is 0 Å². The maximum atomic E-state index is 13.0. The number of carbonyl (C=O) groups excluding carboxylic acids is 2. The van der Waals surface area contributed by atoms with Crippen molar-refractivity contribution in [3.8, 4) is 5.75 Å². The molecule has 0 radical (unpaired) electrons. The summed E-state index contributed by atoms with van der Waals surface area (Å²) in [5.74, 6) is 0.768. The number of piperazine rings is 1. The number of hydrogen-bond donors (Lipinski definition) is 0. The smallest absolute Gasteiger partial charge is 0.228 e. The summed E-state index contributed by atoms with van der Waals surface area (Å²) < 4.78 is 5.21. The van der Waals surface area contributed by atoms with Crippen molar-refractivity contribution in [3.63, 3.8) is 0 Å². The van der Waals surface area contributed by atoms with Crippen molar-refractivity contribution < 1.29 is 14.3 Å². The molecule has 158 valence electrons. The molecule has 6 heteroatoms. The summed E-state index contributed by atoms with van der Waals surface area (Å²) in [7, 11) is 1.67. The second-order valence-electron chi connectivity index (χ2n) is 8.19. The fourth-order valence-electron chi connectivity index (χ4n) is 4.22. The lowest BCUT2D eigenvalue weighted by molar-refractivity contribution is -0.137. The van der Waals surface area contributed by atoms with Gasteiger partial charge < -0.3 is 14.5 Å². The molecule has 0 bridgehead atoms. The second-order valence-corrected chi connectivity index (χ2v) is 8.19. The first-order valence-corrected chi connectivity index (χ1v) is 10.5. The van der Waals surface area contributed by atoms with Crippen LogP contribution in [0.3, 0.4) is 0 Å². The third-order valence-electron chi connectivity index (χ3n) is 6.07. The molecule has 0 N–H and O–H groups in total. The van der Waals surface area contributed by atoms with Crippen LogP contribution < -0.4 is 9.64 Å². The van der Waals surface area contributed by atoms with Crippen molar-refractivity contribution >= 4 is 17.5 Å². The minimum Gasteiger partial charge on any atom is -0.497 e. The molecule has 2 aliphatic rings. The molecule has 30 heavy (non-hydrogen) atoms. The van der Waals surface area contributed by atoms with E-state index in [1.165, 1.54) is 5.56 Å². The summed E-state index contributed by atoms with van der Waals surface area (Å²) in [6.45, 7) is 6.49. The lowest BCUT2D eigenvalue weighted by Crippen LogP contribution is -2.50. The average molecular weight is 408 g/mol. The van der Waals surface area contributed by atoms with Gasteiger partial charge in [-0.15, -0.1) is 0 Å². The molecule has 0 aliphatic carbocycles. The third-order valence-corrected chi connectivity index (χ3v) is 6.07. The first-order chi connectivity index (χ1) is 14.5. The van der Waals surface area contributed by atoms with Crippen LogP contribution in [0, 0.1) is 12.8 Å². The molecule has 2 fully saturated rings. The quantitative estimate of drug-likeness (QED) is 0.765. The molecule has 2 amide bonds. The Morgan fingerprint density at radius 3 is 2.30 bits per heavy atom. The van der Waals surface area contributed by atoms with Crippen molar-refractivity contribution in [2.24, 2.45) is 5.92 Å². The van der Waals surface area contributed by atoms with Crippen LogP contribution in [0.2, 0.25) is 0 Å². The molecule has 2 heterocycles. The number of methoxy groups -OCH3 is 1. The van der Waals surface area contributed by atoms with Gasteiger partial charge in [0.2, 0.25) is 11.8 Å². The molecule has 2 aliphatic heterocycles. The summed E-state index contributed by atoms with van der Waals surface area (Å²) in [6, 6.07) is 16.0. The Bertz CT molecular complexity index is 887. The largest absolute Gasteiger partial charge is 0.497 e.